The first-order chi connectivity index (χ1) is 9.93. The Labute approximate surface area is 125 Å². The Bertz CT molecular complexity index is 547. The zero-order valence-corrected chi connectivity index (χ0v) is 12.6. The second-order valence-corrected chi connectivity index (χ2v) is 5.12. The number of nitrogens with zero attached hydrogens (tertiary/aromatic N) is 1. The molecule has 4 nitrogen and oxygen atoms in total. The summed E-state index contributed by atoms with van der Waals surface area (Å²) in [5.74, 6) is 4.28. The van der Waals surface area contributed by atoms with Crippen LogP contribution in [0.2, 0.25) is 0 Å². The Balaban J connectivity index is 2.82. The van der Waals surface area contributed by atoms with E-state index in [-0.39, 0.29) is 24.1 Å². The van der Waals surface area contributed by atoms with E-state index in [9.17, 15) is 9.18 Å². The lowest BCUT2D eigenvalue weighted by molar-refractivity contribution is 0.0936. The van der Waals surface area contributed by atoms with Crippen molar-refractivity contribution in [1.82, 2.24) is 10.2 Å². The summed E-state index contributed by atoms with van der Waals surface area (Å²) in [5, 5.41) is 11.6. The first-order valence-electron chi connectivity index (χ1n) is 6.79. The lowest BCUT2D eigenvalue weighted by Crippen LogP contribution is -2.35. The summed E-state index contributed by atoms with van der Waals surface area (Å²) < 4.78 is 13.2. The largest absolute Gasteiger partial charge is 0.384 e. The molecule has 1 rings (SSSR count). The van der Waals surface area contributed by atoms with E-state index in [1.165, 1.54) is 18.2 Å². The second kappa shape index (κ2) is 8.40. The maximum Gasteiger partial charge on any atom is 0.252 e. The number of nitrogens with one attached hydrogen (secondary N) is 1. The molecule has 1 amide bonds. The van der Waals surface area contributed by atoms with Gasteiger partial charge in [0.05, 0.1) is 5.56 Å². The molecule has 0 saturated carbocycles. The number of rotatable bonds is 5. The van der Waals surface area contributed by atoms with E-state index in [0.717, 1.165) is 13.0 Å². The zero-order chi connectivity index (χ0) is 15.8. The van der Waals surface area contributed by atoms with Crippen LogP contribution in [0.25, 0.3) is 0 Å². The molecule has 0 fully saturated rings. The monoisotopic (exact) mass is 292 g/mol. The van der Waals surface area contributed by atoms with Crippen molar-refractivity contribution >= 4 is 5.91 Å². The molecular weight excluding hydrogens is 271 g/mol. The van der Waals surface area contributed by atoms with Crippen LogP contribution in [-0.2, 0) is 0 Å². The van der Waals surface area contributed by atoms with Crippen molar-refractivity contribution in [3.05, 3.63) is 35.1 Å². The topological polar surface area (TPSA) is 52.6 Å². The van der Waals surface area contributed by atoms with Crippen LogP contribution >= 0.6 is 0 Å². The van der Waals surface area contributed by atoms with Gasteiger partial charge < -0.3 is 15.3 Å². The molecule has 0 saturated heterocycles. The van der Waals surface area contributed by atoms with Crippen molar-refractivity contribution in [3.8, 4) is 11.8 Å². The number of halogens is 1. The summed E-state index contributed by atoms with van der Waals surface area (Å²) in [6, 6.07) is 3.83. The molecule has 1 aromatic carbocycles. The number of benzene rings is 1. The number of hydrogen-bond acceptors (Lipinski definition) is 3. The maximum atomic E-state index is 13.2. The Morgan fingerprint density at radius 2 is 2.19 bits per heavy atom. The third-order valence-electron chi connectivity index (χ3n) is 2.92. The van der Waals surface area contributed by atoms with E-state index in [1.807, 2.05) is 25.9 Å². The van der Waals surface area contributed by atoms with Crippen LogP contribution in [0.1, 0.15) is 29.3 Å². The van der Waals surface area contributed by atoms with Gasteiger partial charge in [0.1, 0.15) is 12.4 Å². The molecular formula is C16H21FN2O2. The normalized spacial score (nSPS) is 11.7. The minimum Gasteiger partial charge on any atom is -0.384 e. The van der Waals surface area contributed by atoms with Gasteiger partial charge in [-0.05, 0) is 52.2 Å². The van der Waals surface area contributed by atoms with Crippen LogP contribution in [0.15, 0.2) is 18.2 Å². The van der Waals surface area contributed by atoms with E-state index in [0.29, 0.717) is 5.56 Å². The van der Waals surface area contributed by atoms with Crippen molar-refractivity contribution in [2.45, 2.75) is 19.4 Å². The van der Waals surface area contributed by atoms with E-state index in [1.54, 1.807) is 0 Å². The summed E-state index contributed by atoms with van der Waals surface area (Å²) in [6.45, 7) is 2.45. The van der Waals surface area contributed by atoms with Gasteiger partial charge in [0, 0.05) is 11.6 Å². The fourth-order valence-electron chi connectivity index (χ4n) is 1.78. The number of amides is 1. The van der Waals surface area contributed by atoms with Gasteiger partial charge in [-0.25, -0.2) is 4.39 Å². The summed E-state index contributed by atoms with van der Waals surface area (Å²) in [5.41, 5.74) is 0.593. The molecule has 0 aromatic heterocycles. The molecule has 1 unspecified atom stereocenters. The lowest BCUT2D eigenvalue weighted by Gasteiger charge is -2.17. The van der Waals surface area contributed by atoms with Crippen LogP contribution in [0, 0.1) is 17.7 Å². The molecule has 0 aliphatic heterocycles. The van der Waals surface area contributed by atoms with Gasteiger partial charge in [-0.1, -0.05) is 11.8 Å². The van der Waals surface area contributed by atoms with Crippen molar-refractivity contribution in [2.24, 2.45) is 0 Å². The molecule has 1 aromatic rings. The molecule has 0 aliphatic rings. The highest BCUT2D eigenvalue weighted by molar-refractivity contribution is 5.96. The molecule has 5 heteroatoms. The van der Waals surface area contributed by atoms with Crippen LogP contribution in [0.3, 0.4) is 0 Å². The number of aliphatic hydroxyl groups is 1. The average molecular weight is 292 g/mol. The highest BCUT2D eigenvalue weighted by atomic mass is 19.1. The molecule has 0 heterocycles. The standard InChI is InChI=1S/C16H21FN2O2/c1-12(8-9-19(2)3)18-16(21)15-7-6-14(17)11-13(15)5-4-10-20/h6-7,11-12,20H,8-10H2,1-3H3,(H,18,21). The van der Waals surface area contributed by atoms with Gasteiger partial charge in [0.2, 0.25) is 0 Å². The summed E-state index contributed by atoms with van der Waals surface area (Å²) >= 11 is 0. The summed E-state index contributed by atoms with van der Waals surface area (Å²) in [6.07, 6.45) is 0.817. The fraction of sp³-hybridized carbons (Fsp3) is 0.438. The quantitative estimate of drug-likeness (QED) is 0.803. The molecule has 0 bridgehead atoms. The molecule has 0 aliphatic carbocycles. The average Bonchev–Trinajstić information content (AvgIpc) is 2.42. The van der Waals surface area contributed by atoms with Crippen LogP contribution in [-0.4, -0.2) is 49.2 Å². The Morgan fingerprint density at radius 3 is 2.81 bits per heavy atom. The highest BCUT2D eigenvalue weighted by Crippen LogP contribution is 2.11. The van der Waals surface area contributed by atoms with Crippen LogP contribution in [0.4, 0.5) is 4.39 Å². The summed E-state index contributed by atoms with van der Waals surface area (Å²) in [4.78, 5) is 14.3. The second-order valence-electron chi connectivity index (χ2n) is 5.12. The van der Waals surface area contributed by atoms with Crippen molar-refractivity contribution < 1.29 is 14.3 Å². The van der Waals surface area contributed by atoms with Gasteiger partial charge in [-0.2, -0.15) is 0 Å². The van der Waals surface area contributed by atoms with E-state index >= 15 is 0 Å². The van der Waals surface area contributed by atoms with Crippen molar-refractivity contribution in [3.63, 3.8) is 0 Å². The molecule has 0 radical (unpaired) electrons. The molecule has 1 atom stereocenters. The van der Waals surface area contributed by atoms with Crippen molar-refractivity contribution in [1.29, 1.82) is 0 Å². The number of carbonyl (C=O) groups excluding carboxylic acids is 1. The van der Waals surface area contributed by atoms with Gasteiger partial charge in [0.25, 0.3) is 5.91 Å². The van der Waals surface area contributed by atoms with E-state index in [2.05, 4.69) is 17.2 Å². The first-order valence-corrected chi connectivity index (χ1v) is 6.79. The number of hydrogen-bond donors (Lipinski definition) is 2. The highest BCUT2D eigenvalue weighted by Gasteiger charge is 2.14. The van der Waals surface area contributed by atoms with Gasteiger partial charge in [0.15, 0.2) is 0 Å². The smallest absolute Gasteiger partial charge is 0.252 e. The van der Waals surface area contributed by atoms with Gasteiger partial charge >= 0.3 is 0 Å². The van der Waals surface area contributed by atoms with E-state index < -0.39 is 5.82 Å². The molecule has 2 N–H and O–H groups in total. The molecule has 0 spiro atoms. The lowest BCUT2D eigenvalue weighted by atomic mass is 10.1. The summed E-state index contributed by atoms with van der Waals surface area (Å²) in [7, 11) is 3.94. The zero-order valence-electron chi connectivity index (χ0n) is 12.6. The van der Waals surface area contributed by atoms with Gasteiger partial charge in [-0.3, -0.25) is 4.79 Å². The number of aliphatic hydroxyl groups excluding tert-OH is 1. The third kappa shape index (κ3) is 5.94. The minimum atomic E-state index is -0.463. The fourth-order valence-corrected chi connectivity index (χ4v) is 1.78. The third-order valence-corrected chi connectivity index (χ3v) is 2.92. The Morgan fingerprint density at radius 1 is 1.48 bits per heavy atom. The predicted molar refractivity (Wildman–Crippen MR) is 80.5 cm³/mol. The number of carbonyl (C=O) groups is 1. The Hall–Kier alpha value is -1.90. The Kier molecular flexibility index (Phi) is 6.86. The first kappa shape index (κ1) is 17.2. The van der Waals surface area contributed by atoms with Crippen LogP contribution in [0.5, 0.6) is 0 Å². The maximum absolute atomic E-state index is 13.2. The predicted octanol–water partition coefficient (Wildman–Crippen LogP) is 1.24. The SMILES string of the molecule is CC(CCN(C)C)NC(=O)c1ccc(F)cc1C#CCO. The minimum absolute atomic E-state index is 0.00334. The van der Waals surface area contributed by atoms with Gasteiger partial charge in [-0.15, -0.1) is 0 Å². The van der Waals surface area contributed by atoms with E-state index in [4.69, 9.17) is 5.11 Å². The van der Waals surface area contributed by atoms with Crippen molar-refractivity contribution in [2.75, 3.05) is 27.2 Å². The molecule has 114 valence electrons. The van der Waals surface area contributed by atoms with Crippen LogP contribution < -0.4 is 5.32 Å². The molecule has 21 heavy (non-hydrogen) atoms.